The number of hydrogen-bond donors (Lipinski definition) is 2. The molecule has 0 aliphatic carbocycles. The lowest BCUT2D eigenvalue weighted by Gasteiger charge is -2.29. The summed E-state index contributed by atoms with van der Waals surface area (Å²) >= 11 is 0. The molecule has 0 spiro atoms. The molecule has 4 heteroatoms. The zero-order valence-electron chi connectivity index (χ0n) is 10.6. The molecule has 2 N–H and O–H groups in total. The van der Waals surface area contributed by atoms with Gasteiger partial charge in [0.25, 0.3) is 0 Å². The van der Waals surface area contributed by atoms with Crippen molar-refractivity contribution in [3.8, 4) is 0 Å². The predicted octanol–water partition coefficient (Wildman–Crippen LogP) is 2.10. The van der Waals surface area contributed by atoms with Crippen LogP contribution in [-0.2, 0) is 5.54 Å². The van der Waals surface area contributed by atoms with E-state index >= 15 is 0 Å². The minimum absolute atomic E-state index is 0.0138. The number of hydrogen-bond acceptors (Lipinski definition) is 4. The van der Waals surface area contributed by atoms with E-state index in [-0.39, 0.29) is 6.61 Å². The molecular weight excluding hydrogens is 226 g/mol. The normalized spacial score (nSPS) is 13.9. The van der Waals surface area contributed by atoms with Crippen molar-refractivity contribution in [2.45, 2.75) is 19.4 Å². The van der Waals surface area contributed by atoms with Crippen molar-refractivity contribution in [3.63, 3.8) is 0 Å². The Morgan fingerprint density at radius 3 is 2.56 bits per heavy atom. The Bertz CT molecular complexity index is 515. The topological polar surface area (TPSA) is 58.0 Å². The summed E-state index contributed by atoms with van der Waals surface area (Å²) in [5.74, 6) is 0.711. The Hall–Kier alpha value is -1.94. The van der Waals surface area contributed by atoms with Crippen LogP contribution in [0.2, 0.25) is 0 Å². The number of aliphatic hydroxyl groups is 1. The van der Waals surface area contributed by atoms with Crippen molar-refractivity contribution in [1.82, 2.24) is 9.97 Å². The smallest absolute Gasteiger partial charge is 0.130 e. The number of aryl methyl sites for hydroxylation is 1. The van der Waals surface area contributed by atoms with Crippen LogP contribution in [0.1, 0.15) is 18.2 Å². The highest BCUT2D eigenvalue weighted by Gasteiger charge is 2.25. The van der Waals surface area contributed by atoms with Gasteiger partial charge in [-0.15, -0.1) is 0 Å². The highest BCUT2D eigenvalue weighted by molar-refractivity contribution is 5.42. The molecule has 0 aliphatic heterocycles. The van der Waals surface area contributed by atoms with Crippen molar-refractivity contribution in [2.24, 2.45) is 0 Å². The van der Waals surface area contributed by atoms with Crippen LogP contribution in [-0.4, -0.2) is 21.7 Å². The molecule has 1 heterocycles. The molecule has 0 aliphatic rings. The summed E-state index contributed by atoms with van der Waals surface area (Å²) in [4.78, 5) is 8.22. The number of aromatic nitrogens is 2. The second-order valence-electron chi connectivity index (χ2n) is 4.53. The Morgan fingerprint density at radius 2 is 1.94 bits per heavy atom. The summed E-state index contributed by atoms with van der Waals surface area (Å²) < 4.78 is 0. The molecule has 94 valence electrons. The molecule has 2 rings (SSSR count). The van der Waals surface area contributed by atoms with Gasteiger partial charge in [0.05, 0.1) is 12.1 Å². The maximum absolute atomic E-state index is 9.66. The number of nitrogens with one attached hydrogen (secondary N) is 1. The van der Waals surface area contributed by atoms with Crippen LogP contribution in [0.15, 0.2) is 42.7 Å². The first-order chi connectivity index (χ1) is 8.64. The molecule has 2 aromatic rings. The number of benzene rings is 1. The summed E-state index contributed by atoms with van der Waals surface area (Å²) in [7, 11) is 0. The molecule has 18 heavy (non-hydrogen) atoms. The standard InChI is InChI=1S/C14H17N3O/c1-11-8-13(16-10-15-11)17-14(2,9-18)12-6-4-3-5-7-12/h3-8,10,18H,9H2,1-2H3,(H,15,16,17). The van der Waals surface area contributed by atoms with Crippen molar-refractivity contribution in [2.75, 3.05) is 11.9 Å². The maximum atomic E-state index is 9.66. The van der Waals surface area contributed by atoms with E-state index in [1.807, 2.05) is 50.2 Å². The van der Waals surface area contributed by atoms with Gasteiger partial charge >= 0.3 is 0 Å². The van der Waals surface area contributed by atoms with Gasteiger partial charge in [0.15, 0.2) is 0 Å². The Balaban J connectivity index is 2.29. The van der Waals surface area contributed by atoms with Gasteiger partial charge in [0.1, 0.15) is 12.1 Å². The monoisotopic (exact) mass is 243 g/mol. The zero-order valence-corrected chi connectivity index (χ0v) is 10.6. The zero-order chi connectivity index (χ0) is 13.0. The lowest BCUT2D eigenvalue weighted by Crippen LogP contribution is -2.36. The first-order valence-electron chi connectivity index (χ1n) is 5.87. The van der Waals surface area contributed by atoms with Gasteiger partial charge in [-0.1, -0.05) is 30.3 Å². The average Bonchev–Trinajstić information content (AvgIpc) is 2.39. The molecule has 0 saturated heterocycles. The van der Waals surface area contributed by atoms with Gasteiger partial charge in [-0.05, 0) is 19.4 Å². The van der Waals surface area contributed by atoms with Crippen molar-refractivity contribution in [3.05, 3.63) is 54.0 Å². The van der Waals surface area contributed by atoms with E-state index < -0.39 is 5.54 Å². The summed E-state index contributed by atoms with van der Waals surface area (Å²) in [5, 5.41) is 12.9. The first-order valence-corrected chi connectivity index (χ1v) is 5.87. The molecule has 4 nitrogen and oxygen atoms in total. The third kappa shape index (κ3) is 2.65. The fourth-order valence-corrected chi connectivity index (χ4v) is 1.81. The van der Waals surface area contributed by atoms with E-state index in [0.717, 1.165) is 11.3 Å². The molecule has 1 atom stereocenters. The minimum Gasteiger partial charge on any atom is -0.394 e. The highest BCUT2D eigenvalue weighted by atomic mass is 16.3. The molecule has 1 aromatic carbocycles. The van der Waals surface area contributed by atoms with Gasteiger partial charge in [-0.2, -0.15) is 0 Å². The van der Waals surface area contributed by atoms with E-state index in [9.17, 15) is 5.11 Å². The van der Waals surface area contributed by atoms with Crippen LogP contribution in [0, 0.1) is 6.92 Å². The van der Waals surface area contributed by atoms with E-state index in [1.165, 1.54) is 6.33 Å². The molecule has 0 bridgehead atoms. The quantitative estimate of drug-likeness (QED) is 0.863. The molecule has 1 unspecified atom stereocenters. The van der Waals surface area contributed by atoms with Crippen molar-refractivity contribution in [1.29, 1.82) is 0 Å². The van der Waals surface area contributed by atoms with Gasteiger partial charge < -0.3 is 10.4 Å². The summed E-state index contributed by atoms with van der Waals surface area (Å²) in [6.45, 7) is 3.84. The average molecular weight is 243 g/mol. The number of anilines is 1. The van der Waals surface area contributed by atoms with Crippen LogP contribution < -0.4 is 5.32 Å². The Morgan fingerprint density at radius 1 is 1.22 bits per heavy atom. The Kier molecular flexibility index (Phi) is 3.58. The van der Waals surface area contributed by atoms with Gasteiger partial charge in [0, 0.05) is 11.8 Å². The molecule has 0 amide bonds. The van der Waals surface area contributed by atoms with E-state index in [0.29, 0.717) is 5.82 Å². The molecule has 0 fully saturated rings. The second kappa shape index (κ2) is 5.14. The van der Waals surface area contributed by atoms with E-state index in [2.05, 4.69) is 15.3 Å². The summed E-state index contributed by atoms with van der Waals surface area (Å²) in [5.41, 5.74) is 1.35. The molecule has 0 saturated carbocycles. The Labute approximate surface area is 107 Å². The molecular formula is C14H17N3O. The number of aliphatic hydroxyl groups excluding tert-OH is 1. The van der Waals surface area contributed by atoms with E-state index in [1.54, 1.807) is 0 Å². The van der Waals surface area contributed by atoms with Crippen LogP contribution in [0.5, 0.6) is 0 Å². The SMILES string of the molecule is Cc1cc(NC(C)(CO)c2ccccc2)ncn1. The predicted molar refractivity (Wildman–Crippen MR) is 71.3 cm³/mol. The van der Waals surface area contributed by atoms with Crippen LogP contribution in [0.4, 0.5) is 5.82 Å². The lowest BCUT2D eigenvalue weighted by atomic mass is 9.93. The molecule has 0 radical (unpaired) electrons. The third-order valence-corrected chi connectivity index (χ3v) is 2.93. The third-order valence-electron chi connectivity index (χ3n) is 2.93. The van der Waals surface area contributed by atoms with Crippen LogP contribution in [0.25, 0.3) is 0 Å². The second-order valence-corrected chi connectivity index (χ2v) is 4.53. The van der Waals surface area contributed by atoms with Crippen molar-refractivity contribution >= 4 is 5.82 Å². The number of rotatable bonds is 4. The largest absolute Gasteiger partial charge is 0.394 e. The first kappa shape index (κ1) is 12.5. The van der Waals surface area contributed by atoms with Gasteiger partial charge in [-0.3, -0.25) is 0 Å². The van der Waals surface area contributed by atoms with Gasteiger partial charge in [0.2, 0.25) is 0 Å². The van der Waals surface area contributed by atoms with Gasteiger partial charge in [-0.25, -0.2) is 9.97 Å². The summed E-state index contributed by atoms with van der Waals surface area (Å²) in [6.07, 6.45) is 1.51. The van der Waals surface area contributed by atoms with E-state index in [4.69, 9.17) is 0 Å². The van der Waals surface area contributed by atoms with Crippen LogP contribution >= 0.6 is 0 Å². The summed E-state index contributed by atoms with van der Waals surface area (Å²) in [6, 6.07) is 11.7. The van der Waals surface area contributed by atoms with Crippen molar-refractivity contribution < 1.29 is 5.11 Å². The minimum atomic E-state index is -0.554. The lowest BCUT2D eigenvalue weighted by molar-refractivity contribution is 0.223. The fourth-order valence-electron chi connectivity index (χ4n) is 1.81. The van der Waals surface area contributed by atoms with Crippen LogP contribution in [0.3, 0.4) is 0 Å². The maximum Gasteiger partial charge on any atom is 0.130 e. The molecule has 1 aromatic heterocycles. The highest BCUT2D eigenvalue weighted by Crippen LogP contribution is 2.24. The fraction of sp³-hybridized carbons (Fsp3) is 0.286. The number of nitrogens with zero attached hydrogens (tertiary/aromatic N) is 2.